The number of hydrogen-bond acceptors (Lipinski definition) is 6. The van der Waals surface area contributed by atoms with E-state index in [9.17, 15) is 13.2 Å². The Labute approximate surface area is 238 Å². The second-order valence-corrected chi connectivity index (χ2v) is 10.5. The Morgan fingerprint density at radius 3 is 2.76 bits per heavy atom. The quantitative estimate of drug-likeness (QED) is 0.385. The first-order valence-corrected chi connectivity index (χ1v) is 14.1. The molecule has 2 atom stereocenters. The minimum Gasteiger partial charge on any atom is -0.494 e. The molecule has 1 fully saturated rings. The molecule has 0 aliphatic carbocycles. The molecule has 3 heterocycles. The minimum atomic E-state index is -4.39. The number of rotatable bonds is 1. The molecular formula is C31H37F3N4O3. The Morgan fingerprint density at radius 1 is 1.02 bits per heavy atom. The van der Waals surface area contributed by atoms with Crippen LogP contribution < -0.4 is 15.4 Å². The second kappa shape index (κ2) is 13.5. The third kappa shape index (κ3) is 8.09. The number of anilines is 2. The number of nitrogens with zero attached hydrogens (tertiary/aromatic N) is 2. The van der Waals surface area contributed by atoms with Crippen molar-refractivity contribution >= 4 is 22.3 Å². The van der Waals surface area contributed by atoms with E-state index in [0.29, 0.717) is 43.0 Å². The lowest BCUT2D eigenvalue weighted by Gasteiger charge is -2.37. The van der Waals surface area contributed by atoms with Gasteiger partial charge in [-0.3, -0.25) is 0 Å². The van der Waals surface area contributed by atoms with Gasteiger partial charge in [-0.15, -0.1) is 0 Å². The molecule has 220 valence electrons. The normalized spacial score (nSPS) is 21.6. The Morgan fingerprint density at radius 2 is 1.88 bits per heavy atom. The number of nitrogens with one attached hydrogen (secondary N) is 2. The lowest BCUT2D eigenvalue weighted by Crippen LogP contribution is -2.50. The van der Waals surface area contributed by atoms with Crippen molar-refractivity contribution in [3.05, 3.63) is 54.2 Å². The summed E-state index contributed by atoms with van der Waals surface area (Å²) in [7, 11) is 2.07. The number of halogens is 3. The summed E-state index contributed by atoms with van der Waals surface area (Å²) in [5.41, 5.74) is 2.41. The fraction of sp³-hybridized carbons (Fsp3) is 0.484. The average Bonchev–Trinajstić information content (AvgIpc) is 3.28. The summed E-state index contributed by atoms with van der Waals surface area (Å²) in [6, 6.07) is 14.7. The van der Waals surface area contributed by atoms with Gasteiger partial charge in [-0.2, -0.15) is 13.2 Å². The Kier molecular flexibility index (Phi) is 9.60. The molecule has 4 bridgehead atoms. The van der Waals surface area contributed by atoms with Crippen molar-refractivity contribution < 1.29 is 27.4 Å². The van der Waals surface area contributed by atoms with E-state index >= 15 is 0 Å². The zero-order chi connectivity index (χ0) is 28.7. The van der Waals surface area contributed by atoms with Crippen molar-refractivity contribution in [3.63, 3.8) is 0 Å². The van der Waals surface area contributed by atoms with E-state index < -0.39 is 12.7 Å². The number of fused-ring (bicyclic) bond motifs is 4. The SMILES string of the molecule is CN1CC[C@@H]2Nc3cccc4c3cc(n4CC(F)(F)F)C#CCNc3cccc(c3)OCCCCOCCO[C@@H]2C1. The highest BCUT2D eigenvalue weighted by Gasteiger charge is 2.31. The van der Waals surface area contributed by atoms with Crippen LogP contribution in [0.5, 0.6) is 5.75 Å². The van der Waals surface area contributed by atoms with Crippen molar-refractivity contribution in [2.75, 3.05) is 63.7 Å². The van der Waals surface area contributed by atoms with E-state index in [1.54, 1.807) is 18.2 Å². The lowest BCUT2D eigenvalue weighted by molar-refractivity contribution is -0.140. The van der Waals surface area contributed by atoms with Gasteiger partial charge in [-0.25, -0.2) is 0 Å². The van der Waals surface area contributed by atoms with Gasteiger partial charge >= 0.3 is 6.18 Å². The summed E-state index contributed by atoms with van der Waals surface area (Å²) in [5, 5.41) is 7.53. The van der Waals surface area contributed by atoms with Crippen LogP contribution in [0.25, 0.3) is 10.9 Å². The van der Waals surface area contributed by atoms with Gasteiger partial charge in [0.25, 0.3) is 0 Å². The molecule has 1 saturated heterocycles. The minimum absolute atomic E-state index is 0.00949. The van der Waals surface area contributed by atoms with Gasteiger partial charge < -0.3 is 34.3 Å². The van der Waals surface area contributed by atoms with Crippen LogP contribution in [0.2, 0.25) is 0 Å². The van der Waals surface area contributed by atoms with E-state index in [1.165, 1.54) is 4.57 Å². The molecule has 0 amide bonds. The summed E-state index contributed by atoms with van der Waals surface area (Å²) in [6.45, 7) is 3.00. The van der Waals surface area contributed by atoms with Gasteiger partial charge in [0.05, 0.1) is 49.7 Å². The predicted octanol–water partition coefficient (Wildman–Crippen LogP) is 5.36. The summed E-state index contributed by atoms with van der Waals surface area (Å²) in [4.78, 5) is 2.23. The summed E-state index contributed by atoms with van der Waals surface area (Å²) < 4.78 is 60.1. The molecule has 2 aliphatic heterocycles. The Balaban J connectivity index is 1.45. The van der Waals surface area contributed by atoms with Crippen molar-refractivity contribution in [2.24, 2.45) is 0 Å². The first-order valence-electron chi connectivity index (χ1n) is 14.1. The van der Waals surface area contributed by atoms with Crippen molar-refractivity contribution in [1.29, 1.82) is 0 Å². The molecular weight excluding hydrogens is 533 g/mol. The number of benzene rings is 2. The highest BCUT2D eigenvalue weighted by atomic mass is 19.4. The van der Waals surface area contributed by atoms with Crippen LogP contribution in [0.3, 0.4) is 0 Å². The van der Waals surface area contributed by atoms with Gasteiger partial charge in [-0.05, 0) is 69.1 Å². The number of ether oxygens (including phenoxy) is 3. The van der Waals surface area contributed by atoms with Crippen LogP contribution in [0.1, 0.15) is 25.0 Å². The van der Waals surface area contributed by atoms with E-state index in [2.05, 4.69) is 34.4 Å². The first kappa shape index (κ1) is 29.1. The molecule has 2 N–H and O–H groups in total. The van der Waals surface area contributed by atoms with Crippen molar-refractivity contribution in [2.45, 2.75) is 44.1 Å². The predicted molar refractivity (Wildman–Crippen MR) is 155 cm³/mol. The fourth-order valence-corrected chi connectivity index (χ4v) is 5.30. The molecule has 10 heteroatoms. The summed E-state index contributed by atoms with van der Waals surface area (Å²) in [5.74, 6) is 6.73. The zero-order valence-electron chi connectivity index (χ0n) is 23.3. The summed E-state index contributed by atoms with van der Waals surface area (Å²) in [6.07, 6.45) is -1.86. The average molecular weight is 571 g/mol. The molecule has 2 aromatic carbocycles. The maximum absolute atomic E-state index is 13.6. The van der Waals surface area contributed by atoms with Gasteiger partial charge in [0.2, 0.25) is 0 Å². The molecule has 3 aromatic rings. The Bertz CT molecular complexity index is 1360. The number of likely N-dealkylation sites (N-methyl/N-ethyl adjacent to an activating group) is 1. The standard InChI is InChI=1S/C31H37F3N4O3/c1-37-14-12-28-30(21-37)41-18-17-39-15-2-3-16-40-25-9-4-7-23(19-25)35-13-6-8-24-20-26-27(36-28)10-5-11-29(26)38(24)22-31(32,33)34/h4-5,7,9-11,19-20,28,30,35-36H,2-3,12-18,21-22H2,1H3/t28-,30+/m0/s1. The van der Waals surface area contributed by atoms with Gasteiger partial charge in [-0.1, -0.05) is 18.1 Å². The number of piperidine rings is 1. The molecule has 2 aliphatic rings. The van der Waals surface area contributed by atoms with Crippen LogP contribution in [0, 0.1) is 11.8 Å². The molecule has 0 radical (unpaired) electrons. The van der Waals surface area contributed by atoms with Crippen LogP contribution in [-0.4, -0.2) is 80.9 Å². The number of aromatic nitrogens is 1. The monoisotopic (exact) mass is 570 g/mol. The topological polar surface area (TPSA) is 59.9 Å². The fourth-order valence-electron chi connectivity index (χ4n) is 5.30. The van der Waals surface area contributed by atoms with E-state index in [1.807, 2.05) is 30.3 Å². The Hall–Kier alpha value is -3.39. The summed E-state index contributed by atoms with van der Waals surface area (Å²) >= 11 is 0. The van der Waals surface area contributed by atoms with Gasteiger partial charge in [0.1, 0.15) is 12.3 Å². The van der Waals surface area contributed by atoms with Crippen LogP contribution >= 0.6 is 0 Å². The zero-order valence-corrected chi connectivity index (χ0v) is 23.3. The number of alkyl halides is 3. The number of hydrogen-bond donors (Lipinski definition) is 2. The maximum atomic E-state index is 13.6. The first-order chi connectivity index (χ1) is 19.9. The number of likely N-dealkylation sites (tertiary alicyclic amines) is 1. The third-order valence-electron chi connectivity index (χ3n) is 7.33. The smallest absolute Gasteiger partial charge is 0.406 e. The van der Waals surface area contributed by atoms with E-state index in [-0.39, 0.29) is 18.7 Å². The maximum Gasteiger partial charge on any atom is 0.406 e. The third-order valence-corrected chi connectivity index (χ3v) is 7.33. The van der Waals surface area contributed by atoms with Crippen molar-refractivity contribution in [1.82, 2.24) is 9.47 Å². The second-order valence-electron chi connectivity index (χ2n) is 10.5. The van der Waals surface area contributed by atoms with Crippen LogP contribution in [0.15, 0.2) is 48.5 Å². The highest BCUT2D eigenvalue weighted by Crippen LogP contribution is 2.31. The van der Waals surface area contributed by atoms with Crippen LogP contribution in [-0.2, 0) is 16.0 Å². The largest absolute Gasteiger partial charge is 0.494 e. The van der Waals surface area contributed by atoms with Gasteiger partial charge in [0, 0.05) is 36.0 Å². The van der Waals surface area contributed by atoms with Crippen LogP contribution in [0.4, 0.5) is 24.5 Å². The van der Waals surface area contributed by atoms with E-state index in [0.717, 1.165) is 49.5 Å². The molecule has 5 rings (SSSR count). The van der Waals surface area contributed by atoms with Gasteiger partial charge in [0.15, 0.2) is 0 Å². The highest BCUT2D eigenvalue weighted by molar-refractivity contribution is 5.94. The lowest BCUT2D eigenvalue weighted by atomic mass is 10.0. The molecule has 0 saturated carbocycles. The molecule has 7 nitrogen and oxygen atoms in total. The van der Waals surface area contributed by atoms with Crippen molar-refractivity contribution in [3.8, 4) is 17.6 Å². The van der Waals surface area contributed by atoms with E-state index in [4.69, 9.17) is 14.2 Å². The molecule has 0 spiro atoms. The molecule has 0 unspecified atom stereocenters. The molecule has 41 heavy (non-hydrogen) atoms. The molecule has 1 aromatic heterocycles.